The standard InChI is InChI=1S/C9H8BrClO2/c10-7(5-11)3-6-1-2-8(12)9(13)4-6/h1-4,12-13H,5H2/b7-3-. The number of alkyl halides is 1. The van der Waals surface area contributed by atoms with Crippen LogP contribution in [0.1, 0.15) is 5.56 Å². The lowest BCUT2D eigenvalue weighted by atomic mass is 10.2. The molecular weight excluding hydrogens is 255 g/mol. The van der Waals surface area contributed by atoms with E-state index in [0.29, 0.717) is 5.88 Å². The number of phenols is 2. The average Bonchev–Trinajstić information content (AvgIpc) is 2.11. The van der Waals surface area contributed by atoms with E-state index in [-0.39, 0.29) is 11.5 Å². The van der Waals surface area contributed by atoms with Gasteiger partial charge in [0, 0.05) is 4.48 Å². The molecule has 0 fully saturated rings. The van der Waals surface area contributed by atoms with Crippen LogP contribution < -0.4 is 0 Å². The van der Waals surface area contributed by atoms with Crippen molar-refractivity contribution in [3.63, 3.8) is 0 Å². The van der Waals surface area contributed by atoms with Gasteiger partial charge < -0.3 is 10.2 Å². The molecule has 0 amide bonds. The van der Waals surface area contributed by atoms with Crippen molar-refractivity contribution in [1.29, 1.82) is 0 Å². The molecule has 0 aliphatic rings. The second-order valence-electron chi connectivity index (χ2n) is 2.47. The van der Waals surface area contributed by atoms with E-state index >= 15 is 0 Å². The Balaban J connectivity index is 2.98. The van der Waals surface area contributed by atoms with Crippen molar-refractivity contribution in [2.45, 2.75) is 0 Å². The molecule has 70 valence electrons. The van der Waals surface area contributed by atoms with Crippen LogP contribution in [0.15, 0.2) is 22.7 Å². The average molecular weight is 264 g/mol. The van der Waals surface area contributed by atoms with Gasteiger partial charge in [-0.3, -0.25) is 0 Å². The Kier molecular flexibility index (Phi) is 3.63. The maximum absolute atomic E-state index is 9.16. The van der Waals surface area contributed by atoms with Gasteiger partial charge in [0.15, 0.2) is 11.5 Å². The Morgan fingerprint density at radius 3 is 2.62 bits per heavy atom. The molecule has 0 saturated heterocycles. The third-order valence-corrected chi connectivity index (χ3v) is 2.57. The highest BCUT2D eigenvalue weighted by atomic mass is 79.9. The normalized spacial score (nSPS) is 11.7. The highest BCUT2D eigenvalue weighted by molar-refractivity contribution is 9.11. The van der Waals surface area contributed by atoms with Crippen molar-refractivity contribution in [3.8, 4) is 11.5 Å². The van der Waals surface area contributed by atoms with Crippen LogP contribution in [-0.2, 0) is 0 Å². The molecule has 0 radical (unpaired) electrons. The molecule has 0 aliphatic heterocycles. The lowest BCUT2D eigenvalue weighted by molar-refractivity contribution is 0.403. The predicted molar refractivity (Wildman–Crippen MR) is 57.4 cm³/mol. The molecule has 1 rings (SSSR count). The smallest absolute Gasteiger partial charge is 0.157 e. The summed E-state index contributed by atoms with van der Waals surface area (Å²) in [4.78, 5) is 0. The second-order valence-corrected chi connectivity index (χ2v) is 3.76. The fraction of sp³-hybridized carbons (Fsp3) is 0.111. The fourth-order valence-corrected chi connectivity index (χ4v) is 1.19. The third-order valence-electron chi connectivity index (χ3n) is 1.45. The van der Waals surface area contributed by atoms with Gasteiger partial charge in [-0.15, -0.1) is 11.6 Å². The number of rotatable bonds is 2. The first kappa shape index (κ1) is 10.4. The summed E-state index contributed by atoms with van der Waals surface area (Å²) in [6, 6.07) is 4.57. The number of benzene rings is 1. The SMILES string of the molecule is Oc1ccc(/C=C(\Br)CCl)cc1O. The number of phenolic OH excluding ortho intramolecular Hbond substituents is 2. The first-order chi connectivity index (χ1) is 6.13. The van der Waals surface area contributed by atoms with E-state index in [2.05, 4.69) is 15.9 Å². The molecule has 13 heavy (non-hydrogen) atoms. The molecule has 0 heterocycles. The molecule has 0 atom stereocenters. The molecule has 2 nitrogen and oxygen atoms in total. The third kappa shape index (κ3) is 2.94. The van der Waals surface area contributed by atoms with Crippen LogP contribution in [-0.4, -0.2) is 16.1 Å². The Morgan fingerprint density at radius 2 is 2.08 bits per heavy atom. The first-order valence-electron chi connectivity index (χ1n) is 3.57. The summed E-state index contributed by atoms with van der Waals surface area (Å²) in [5, 5.41) is 18.2. The Hall–Kier alpha value is -0.670. The van der Waals surface area contributed by atoms with Gasteiger partial charge in [-0.25, -0.2) is 0 Å². The summed E-state index contributed by atoms with van der Waals surface area (Å²) in [5.41, 5.74) is 0.780. The van der Waals surface area contributed by atoms with Crippen LogP contribution in [0.25, 0.3) is 6.08 Å². The molecule has 0 aliphatic carbocycles. The van der Waals surface area contributed by atoms with E-state index < -0.39 is 0 Å². The molecule has 0 saturated carbocycles. The van der Waals surface area contributed by atoms with E-state index in [9.17, 15) is 0 Å². The second kappa shape index (κ2) is 4.53. The van der Waals surface area contributed by atoms with Gasteiger partial charge in [0.25, 0.3) is 0 Å². The van der Waals surface area contributed by atoms with E-state index in [4.69, 9.17) is 21.8 Å². The number of allylic oxidation sites excluding steroid dienone is 1. The van der Waals surface area contributed by atoms with Crippen LogP contribution >= 0.6 is 27.5 Å². The molecule has 4 heteroatoms. The van der Waals surface area contributed by atoms with Gasteiger partial charge in [0.05, 0.1) is 5.88 Å². The minimum absolute atomic E-state index is 0.126. The van der Waals surface area contributed by atoms with Crippen LogP contribution in [0.2, 0.25) is 0 Å². The molecule has 1 aromatic rings. The van der Waals surface area contributed by atoms with Crippen LogP contribution in [0, 0.1) is 0 Å². The summed E-state index contributed by atoms with van der Waals surface area (Å²) in [7, 11) is 0. The van der Waals surface area contributed by atoms with Gasteiger partial charge in [-0.1, -0.05) is 22.0 Å². The Morgan fingerprint density at radius 1 is 1.38 bits per heavy atom. The van der Waals surface area contributed by atoms with Crippen LogP contribution in [0.4, 0.5) is 0 Å². The molecule has 2 N–H and O–H groups in total. The topological polar surface area (TPSA) is 40.5 Å². The molecule has 0 unspecified atom stereocenters. The van der Waals surface area contributed by atoms with Crippen LogP contribution in [0.3, 0.4) is 0 Å². The lowest BCUT2D eigenvalue weighted by Crippen LogP contribution is -1.76. The van der Waals surface area contributed by atoms with E-state index in [0.717, 1.165) is 10.0 Å². The zero-order valence-electron chi connectivity index (χ0n) is 6.67. The summed E-state index contributed by atoms with van der Waals surface area (Å²) in [6.07, 6.45) is 1.77. The molecule has 0 bridgehead atoms. The van der Waals surface area contributed by atoms with Gasteiger partial charge >= 0.3 is 0 Å². The monoisotopic (exact) mass is 262 g/mol. The van der Waals surface area contributed by atoms with Crippen molar-refractivity contribution in [2.24, 2.45) is 0 Å². The summed E-state index contributed by atoms with van der Waals surface area (Å²) in [5.74, 6) is 0.115. The number of aromatic hydroxyl groups is 2. The van der Waals surface area contributed by atoms with E-state index in [1.807, 2.05) is 0 Å². The van der Waals surface area contributed by atoms with Gasteiger partial charge in [-0.2, -0.15) is 0 Å². The predicted octanol–water partition coefficient (Wildman–Crippen LogP) is 3.07. The summed E-state index contributed by atoms with van der Waals surface area (Å²) >= 11 is 8.79. The summed E-state index contributed by atoms with van der Waals surface area (Å²) < 4.78 is 0.819. The van der Waals surface area contributed by atoms with Crippen molar-refractivity contribution in [1.82, 2.24) is 0 Å². The quantitative estimate of drug-likeness (QED) is 0.636. The Bertz CT molecular complexity index is 336. The molecule has 0 aromatic heterocycles. The molecule has 0 spiro atoms. The van der Waals surface area contributed by atoms with E-state index in [1.54, 1.807) is 12.1 Å². The van der Waals surface area contributed by atoms with Crippen molar-refractivity contribution >= 4 is 33.6 Å². The maximum Gasteiger partial charge on any atom is 0.157 e. The van der Waals surface area contributed by atoms with Gasteiger partial charge in [-0.05, 0) is 23.8 Å². The Labute approximate surface area is 89.6 Å². The largest absolute Gasteiger partial charge is 0.504 e. The zero-order valence-corrected chi connectivity index (χ0v) is 9.01. The summed E-state index contributed by atoms with van der Waals surface area (Å²) in [6.45, 7) is 0. The number of halogens is 2. The van der Waals surface area contributed by atoms with Crippen molar-refractivity contribution in [2.75, 3.05) is 5.88 Å². The van der Waals surface area contributed by atoms with Gasteiger partial charge in [0.2, 0.25) is 0 Å². The number of hydrogen-bond acceptors (Lipinski definition) is 2. The lowest BCUT2D eigenvalue weighted by Gasteiger charge is -1.99. The van der Waals surface area contributed by atoms with E-state index in [1.165, 1.54) is 12.1 Å². The minimum atomic E-state index is -0.136. The maximum atomic E-state index is 9.16. The van der Waals surface area contributed by atoms with Gasteiger partial charge in [0.1, 0.15) is 0 Å². The minimum Gasteiger partial charge on any atom is -0.504 e. The molecular formula is C9H8BrClO2. The first-order valence-corrected chi connectivity index (χ1v) is 4.90. The van der Waals surface area contributed by atoms with Crippen molar-refractivity contribution < 1.29 is 10.2 Å². The van der Waals surface area contributed by atoms with Crippen LogP contribution in [0.5, 0.6) is 11.5 Å². The van der Waals surface area contributed by atoms with Crippen molar-refractivity contribution in [3.05, 3.63) is 28.2 Å². The highest BCUT2D eigenvalue weighted by Gasteiger charge is 1.98. The molecule has 1 aromatic carbocycles. The highest BCUT2D eigenvalue weighted by Crippen LogP contribution is 2.26. The number of hydrogen-bond donors (Lipinski definition) is 2. The fourth-order valence-electron chi connectivity index (χ4n) is 0.850. The zero-order chi connectivity index (χ0) is 9.84.